The molecular formula is C16H26INO3. The summed E-state index contributed by atoms with van der Waals surface area (Å²) in [5.41, 5.74) is -0.706. The minimum atomic E-state index is -0.706. The van der Waals surface area contributed by atoms with Crippen molar-refractivity contribution >= 4 is 28.5 Å². The van der Waals surface area contributed by atoms with Crippen LogP contribution in [0.1, 0.15) is 52.9 Å². The smallest absolute Gasteiger partial charge is 0.230 e. The van der Waals surface area contributed by atoms with Crippen molar-refractivity contribution in [2.75, 3.05) is 4.61 Å². The van der Waals surface area contributed by atoms with Crippen LogP contribution in [0.25, 0.3) is 0 Å². The number of alkyl halides is 1. The molecule has 0 saturated heterocycles. The van der Waals surface area contributed by atoms with Crippen LogP contribution in [0, 0.1) is 5.41 Å². The second kappa shape index (κ2) is 8.66. The quantitative estimate of drug-likeness (QED) is 0.468. The van der Waals surface area contributed by atoms with Gasteiger partial charge in [0.2, 0.25) is 5.91 Å². The topological polar surface area (TPSA) is 58.6 Å². The van der Waals surface area contributed by atoms with E-state index in [4.69, 9.17) is 4.74 Å². The summed E-state index contributed by atoms with van der Waals surface area (Å²) in [5, 5.41) is 13.2. The van der Waals surface area contributed by atoms with Crippen molar-refractivity contribution < 1.29 is 14.6 Å². The van der Waals surface area contributed by atoms with E-state index in [2.05, 4.69) is 41.8 Å². The largest absolute Gasteiger partial charge is 0.508 e. The van der Waals surface area contributed by atoms with Gasteiger partial charge in [-0.3, -0.25) is 4.79 Å². The van der Waals surface area contributed by atoms with Gasteiger partial charge >= 0.3 is 0 Å². The van der Waals surface area contributed by atoms with Gasteiger partial charge in [-0.25, -0.2) is 0 Å². The van der Waals surface area contributed by atoms with E-state index in [0.717, 1.165) is 25.7 Å². The van der Waals surface area contributed by atoms with Gasteiger partial charge in [0.25, 0.3) is 0 Å². The number of allylic oxidation sites excluding steroid dienone is 2. The van der Waals surface area contributed by atoms with E-state index in [-0.39, 0.29) is 24.1 Å². The molecular weight excluding hydrogens is 381 g/mol. The Morgan fingerprint density at radius 1 is 1.48 bits per heavy atom. The number of hydrogen-bond acceptors (Lipinski definition) is 3. The molecule has 0 aromatic heterocycles. The molecule has 0 aromatic rings. The van der Waals surface area contributed by atoms with Crippen molar-refractivity contribution in [3.63, 3.8) is 0 Å². The second-order valence-electron chi connectivity index (χ2n) is 5.74. The van der Waals surface area contributed by atoms with Crippen LogP contribution < -0.4 is 5.32 Å². The van der Waals surface area contributed by atoms with Gasteiger partial charge < -0.3 is 15.2 Å². The maximum Gasteiger partial charge on any atom is 0.230 e. The normalized spacial score (nSPS) is 21.8. The zero-order chi connectivity index (χ0) is 15.9. The van der Waals surface area contributed by atoms with Crippen LogP contribution in [0.2, 0.25) is 0 Å². The summed E-state index contributed by atoms with van der Waals surface area (Å²) in [6.45, 7) is 6.10. The Morgan fingerprint density at radius 3 is 2.57 bits per heavy atom. The Labute approximate surface area is 141 Å². The van der Waals surface area contributed by atoms with Gasteiger partial charge in [0.1, 0.15) is 10.4 Å². The van der Waals surface area contributed by atoms with Crippen LogP contribution in [0.15, 0.2) is 23.7 Å². The highest BCUT2D eigenvalue weighted by Gasteiger charge is 2.36. The lowest BCUT2D eigenvalue weighted by molar-refractivity contribution is -0.129. The molecule has 0 aromatic carbocycles. The maximum absolute atomic E-state index is 12.6. The van der Waals surface area contributed by atoms with E-state index >= 15 is 0 Å². The zero-order valence-corrected chi connectivity index (χ0v) is 15.3. The Kier molecular flexibility index (Phi) is 7.56. The Bertz CT molecular complexity index is 414. The average molecular weight is 407 g/mol. The van der Waals surface area contributed by atoms with Crippen molar-refractivity contribution in [1.29, 1.82) is 0 Å². The minimum Gasteiger partial charge on any atom is -0.508 e. The molecule has 5 heteroatoms. The Morgan fingerprint density at radius 2 is 2.10 bits per heavy atom. The number of nitrogens with one attached hydrogen (secondary N) is 1. The molecule has 0 heterocycles. The highest BCUT2D eigenvalue weighted by molar-refractivity contribution is 14.1. The molecule has 0 spiro atoms. The van der Waals surface area contributed by atoms with E-state index in [1.165, 1.54) is 0 Å². The summed E-state index contributed by atoms with van der Waals surface area (Å²) >= 11 is 2.08. The summed E-state index contributed by atoms with van der Waals surface area (Å²) in [4.78, 5) is 12.6. The van der Waals surface area contributed by atoms with Crippen molar-refractivity contribution in [3.05, 3.63) is 23.7 Å². The van der Waals surface area contributed by atoms with Gasteiger partial charge in [0, 0.05) is 12.5 Å². The van der Waals surface area contributed by atoms with Crippen molar-refractivity contribution in [3.8, 4) is 0 Å². The summed E-state index contributed by atoms with van der Waals surface area (Å²) in [6, 6.07) is 0.218. The van der Waals surface area contributed by atoms with Gasteiger partial charge in [-0.05, 0) is 48.4 Å². The van der Waals surface area contributed by atoms with E-state index in [0.29, 0.717) is 10.4 Å². The van der Waals surface area contributed by atoms with Crippen LogP contribution in [0.5, 0.6) is 0 Å². The number of aliphatic hydroxyl groups is 1. The third kappa shape index (κ3) is 5.20. The van der Waals surface area contributed by atoms with Crippen LogP contribution >= 0.6 is 22.6 Å². The van der Waals surface area contributed by atoms with Crippen molar-refractivity contribution in [1.82, 2.24) is 5.32 Å². The summed E-state index contributed by atoms with van der Waals surface area (Å²) in [6.07, 6.45) is 7.90. The molecule has 0 saturated carbocycles. The van der Waals surface area contributed by atoms with Gasteiger partial charge in [0.15, 0.2) is 5.76 Å². The lowest BCUT2D eigenvalue weighted by Crippen LogP contribution is -2.44. The van der Waals surface area contributed by atoms with Gasteiger partial charge in [-0.1, -0.05) is 32.8 Å². The molecule has 0 bridgehead atoms. The fraction of sp³-hybridized carbons (Fsp3) is 0.688. The molecule has 0 fully saturated rings. The average Bonchev–Trinajstić information content (AvgIpc) is 2.43. The maximum atomic E-state index is 12.6. The molecule has 1 aliphatic rings. The van der Waals surface area contributed by atoms with Crippen LogP contribution in [0.3, 0.4) is 0 Å². The first-order valence-electron chi connectivity index (χ1n) is 7.57. The van der Waals surface area contributed by atoms with Crippen LogP contribution in [-0.4, -0.2) is 21.7 Å². The third-order valence-electron chi connectivity index (χ3n) is 3.76. The van der Waals surface area contributed by atoms with Crippen LogP contribution in [0.4, 0.5) is 0 Å². The first-order valence-corrected chi connectivity index (χ1v) is 9.10. The number of carbonyl (C=O) groups is 1. The van der Waals surface area contributed by atoms with Crippen molar-refractivity contribution in [2.45, 2.75) is 58.9 Å². The molecule has 1 aliphatic carbocycles. The first kappa shape index (κ1) is 18.3. The molecule has 1 unspecified atom stereocenters. The summed E-state index contributed by atoms with van der Waals surface area (Å²) < 4.78 is 5.80. The van der Waals surface area contributed by atoms with Crippen molar-refractivity contribution in [2.24, 2.45) is 5.41 Å². The standard InChI is InChI=1S/C16H26INO3/c1-4-6-12(7-5-2)18-15(20)16(3)9-8-14(21-11-17)13(19)10-16/h8-9,12,19H,4-7,10-11H2,1-3H3,(H,18,20). The molecule has 1 amide bonds. The summed E-state index contributed by atoms with van der Waals surface area (Å²) in [5.74, 6) is 0.591. The molecule has 21 heavy (non-hydrogen) atoms. The number of aliphatic hydroxyl groups excluding tert-OH is 1. The lowest BCUT2D eigenvalue weighted by Gasteiger charge is -2.30. The highest BCUT2D eigenvalue weighted by atomic mass is 127. The van der Waals surface area contributed by atoms with Gasteiger partial charge in [-0.15, -0.1) is 0 Å². The fourth-order valence-corrected chi connectivity index (χ4v) is 2.87. The molecule has 1 rings (SSSR count). The molecule has 2 N–H and O–H groups in total. The molecule has 0 aliphatic heterocycles. The van der Waals surface area contributed by atoms with E-state index in [9.17, 15) is 9.90 Å². The number of halogens is 1. The second-order valence-corrected chi connectivity index (χ2v) is 6.36. The lowest BCUT2D eigenvalue weighted by atomic mass is 9.81. The fourth-order valence-electron chi connectivity index (χ4n) is 2.53. The Hall–Kier alpha value is -0.720. The predicted octanol–water partition coefficient (Wildman–Crippen LogP) is 4.22. The number of amides is 1. The Balaban J connectivity index is 2.72. The van der Waals surface area contributed by atoms with Crippen LogP contribution in [-0.2, 0) is 9.53 Å². The number of carbonyl (C=O) groups excluding carboxylic acids is 1. The summed E-state index contributed by atoms with van der Waals surface area (Å²) in [7, 11) is 0. The molecule has 4 nitrogen and oxygen atoms in total. The SMILES string of the molecule is CCCC(CCC)NC(=O)C1(C)C=CC(OCI)=C(O)C1. The highest BCUT2D eigenvalue weighted by Crippen LogP contribution is 2.34. The first-order chi connectivity index (χ1) is 9.96. The molecule has 1 atom stereocenters. The third-order valence-corrected chi connectivity index (χ3v) is 4.07. The molecule has 0 radical (unpaired) electrons. The predicted molar refractivity (Wildman–Crippen MR) is 93.2 cm³/mol. The monoisotopic (exact) mass is 407 g/mol. The van der Waals surface area contributed by atoms with E-state index in [1.807, 2.05) is 13.0 Å². The number of rotatable bonds is 8. The van der Waals surface area contributed by atoms with Gasteiger partial charge in [0.05, 0.1) is 5.41 Å². The van der Waals surface area contributed by atoms with E-state index < -0.39 is 5.41 Å². The zero-order valence-electron chi connectivity index (χ0n) is 13.1. The molecule has 120 valence electrons. The number of hydrogen-bond donors (Lipinski definition) is 2. The minimum absolute atomic E-state index is 0.0225. The van der Waals surface area contributed by atoms with E-state index in [1.54, 1.807) is 6.08 Å². The van der Waals surface area contributed by atoms with Gasteiger partial charge in [-0.2, -0.15) is 0 Å². The number of ether oxygens (including phenoxy) is 1.